The van der Waals surface area contributed by atoms with E-state index >= 15 is 0 Å². The number of aromatic nitrogens is 2. The third-order valence-corrected chi connectivity index (χ3v) is 6.77. The predicted molar refractivity (Wildman–Crippen MR) is 145 cm³/mol. The number of carbonyl (C=O) groups is 1. The Hall–Kier alpha value is -3.95. The molecule has 1 aliphatic rings. The first-order valence-corrected chi connectivity index (χ1v) is 12.6. The summed E-state index contributed by atoms with van der Waals surface area (Å²) >= 11 is 1.56. The highest BCUT2D eigenvalue weighted by Gasteiger charge is 2.26. The molecule has 0 unspecified atom stereocenters. The van der Waals surface area contributed by atoms with Gasteiger partial charge in [-0.25, -0.2) is 14.4 Å². The Balaban J connectivity index is 1.40. The summed E-state index contributed by atoms with van der Waals surface area (Å²) in [5.74, 6) is 0.842. The van der Waals surface area contributed by atoms with Crippen LogP contribution in [0.1, 0.15) is 0 Å². The first kappa shape index (κ1) is 24.7. The Bertz CT molecular complexity index is 1440. The van der Waals surface area contributed by atoms with Crippen molar-refractivity contribution in [2.45, 2.75) is 9.79 Å². The minimum absolute atomic E-state index is 0.0913. The van der Waals surface area contributed by atoms with Crippen LogP contribution in [0.15, 0.2) is 88.9 Å². The SMILES string of the molecule is CN(C)C/C=C/C(=O)N1CCOc2c1ccc1ncnc(Nc3ccc(Sc4ccc(F)cc4)cc3)c21. The highest BCUT2D eigenvalue weighted by atomic mass is 32.2. The molecule has 0 aliphatic carbocycles. The Labute approximate surface area is 219 Å². The van der Waals surface area contributed by atoms with Crippen LogP contribution in [-0.2, 0) is 4.79 Å². The molecule has 3 aromatic carbocycles. The monoisotopic (exact) mass is 515 g/mol. The Morgan fingerprint density at radius 2 is 1.81 bits per heavy atom. The predicted octanol–water partition coefficient (Wildman–Crippen LogP) is 5.51. The van der Waals surface area contributed by atoms with E-state index in [1.807, 2.05) is 61.5 Å². The topological polar surface area (TPSA) is 70.6 Å². The zero-order chi connectivity index (χ0) is 25.8. The number of carbonyl (C=O) groups excluding carboxylic acids is 1. The maximum Gasteiger partial charge on any atom is 0.250 e. The lowest BCUT2D eigenvalue weighted by molar-refractivity contribution is -0.114. The number of likely N-dealkylation sites (N-methyl/N-ethyl adjacent to an activating group) is 1. The lowest BCUT2D eigenvalue weighted by Crippen LogP contribution is -2.37. The molecule has 0 spiro atoms. The van der Waals surface area contributed by atoms with Gasteiger partial charge < -0.3 is 19.9 Å². The van der Waals surface area contributed by atoms with Crippen molar-refractivity contribution >= 4 is 45.8 Å². The highest BCUT2D eigenvalue weighted by molar-refractivity contribution is 7.99. The van der Waals surface area contributed by atoms with E-state index in [4.69, 9.17) is 4.74 Å². The number of hydrogen-bond acceptors (Lipinski definition) is 7. The van der Waals surface area contributed by atoms with Crippen molar-refractivity contribution in [3.05, 3.63) is 85.0 Å². The van der Waals surface area contributed by atoms with Gasteiger partial charge in [-0.1, -0.05) is 17.8 Å². The molecule has 9 heteroatoms. The molecule has 1 aromatic heterocycles. The largest absolute Gasteiger partial charge is 0.489 e. The highest BCUT2D eigenvalue weighted by Crippen LogP contribution is 2.41. The van der Waals surface area contributed by atoms with E-state index in [9.17, 15) is 9.18 Å². The third kappa shape index (κ3) is 5.73. The van der Waals surface area contributed by atoms with Crippen LogP contribution < -0.4 is 15.0 Å². The number of amides is 1. The molecule has 0 radical (unpaired) electrons. The summed E-state index contributed by atoms with van der Waals surface area (Å²) in [5, 5.41) is 4.10. The van der Waals surface area contributed by atoms with Gasteiger partial charge in [0.25, 0.3) is 5.91 Å². The molecule has 1 N–H and O–H groups in total. The first-order chi connectivity index (χ1) is 18.0. The van der Waals surface area contributed by atoms with Crippen molar-refractivity contribution in [3.63, 3.8) is 0 Å². The van der Waals surface area contributed by atoms with Gasteiger partial charge in [-0.05, 0) is 74.8 Å². The summed E-state index contributed by atoms with van der Waals surface area (Å²) in [6.45, 7) is 1.53. The molecule has 4 aromatic rings. The second-order valence-electron chi connectivity index (χ2n) is 8.74. The second kappa shape index (κ2) is 11.0. The summed E-state index contributed by atoms with van der Waals surface area (Å²) in [6, 6.07) is 18.1. The number of anilines is 3. The molecule has 0 atom stereocenters. The zero-order valence-electron chi connectivity index (χ0n) is 20.5. The van der Waals surface area contributed by atoms with E-state index in [0.717, 1.165) is 26.4 Å². The smallest absolute Gasteiger partial charge is 0.250 e. The molecular weight excluding hydrogens is 489 g/mol. The third-order valence-electron chi connectivity index (χ3n) is 5.75. The van der Waals surface area contributed by atoms with Crippen LogP contribution >= 0.6 is 11.8 Å². The Morgan fingerprint density at radius 3 is 2.54 bits per heavy atom. The number of nitrogens with zero attached hydrogens (tertiary/aromatic N) is 4. The zero-order valence-corrected chi connectivity index (χ0v) is 21.3. The molecule has 188 valence electrons. The average molecular weight is 516 g/mol. The summed E-state index contributed by atoms with van der Waals surface area (Å²) in [4.78, 5) is 27.5. The van der Waals surface area contributed by atoms with Gasteiger partial charge in [-0.2, -0.15) is 0 Å². The van der Waals surface area contributed by atoms with Crippen LogP contribution in [0.25, 0.3) is 10.9 Å². The lowest BCUT2D eigenvalue weighted by atomic mass is 10.1. The number of nitrogens with one attached hydrogen (secondary N) is 1. The van der Waals surface area contributed by atoms with E-state index in [1.165, 1.54) is 18.5 Å². The van der Waals surface area contributed by atoms with E-state index in [1.54, 1.807) is 34.9 Å². The summed E-state index contributed by atoms with van der Waals surface area (Å²) < 4.78 is 19.2. The van der Waals surface area contributed by atoms with Crippen molar-refractivity contribution in [3.8, 4) is 5.75 Å². The normalized spacial score (nSPS) is 13.1. The maximum absolute atomic E-state index is 13.2. The standard InChI is InChI=1S/C28H26FN5O2S/c1-33(2)15-3-4-25(35)34-16-17-36-27-24(34)14-13-23-26(27)28(31-18-30-23)32-20-7-11-22(12-8-20)37-21-9-5-19(29)6-10-21/h3-14,18H,15-17H2,1-2H3,(H,30,31,32)/b4-3+. The van der Waals surface area contributed by atoms with E-state index in [2.05, 4.69) is 15.3 Å². The minimum Gasteiger partial charge on any atom is -0.489 e. The van der Waals surface area contributed by atoms with E-state index < -0.39 is 0 Å². The number of hydrogen-bond donors (Lipinski definition) is 1. The van der Waals surface area contributed by atoms with Gasteiger partial charge in [0.15, 0.2) is 5.75 Å². The van der Waals surface area contributed by atoms with Crippen molar-refractivity contribution in [2.75, 3.05) is 44.0 Å². The minimum atomic E-state index is -0.250. The molecule has 0 fully saturated rings. The van der Waals surface area contributed by atoms with Crippen molar-refractivity contribution in [2.24, 2.45) is 0 Å². The van der Waals surface area contributed by atoms with Gasteiger partial charge in [-0.3, -0.25) is 4.79 Å². The van der Waals surface area contributed by atoms with Crippen LogP contribution in [0.4, 0.5) is 21.6 Å². The fourth-order valence-corrected chi connectivity index (χ4v) is 4.81. The molecule has 2 heterocycles. The number of rotatable bonds is 7. The van der Waals surface area contributed by atoms with E-state index in [0.29, 0.717) is 37.0 Å². The molecular formula is C28H26FN5O2S. The number of halogens is 1. The molecule has 5 rings (SSSR count). The van der Waals surface area contributed by atoms with Crippen LogP contribution in [-0.4, -0.2) is 54.6 Å². The molecule has 37 heavy (non-hydrogen) atoms. The van der Waals surface area contributed by atoms with Crippen LogP contribution in [0.3, 0.4) is 0 Å². The Morgan fingerprint density at radius 1 is 1.08 bits per heavy atom. The van der Waals surface area contributed by atoms with Gasteiger partial charge in [0, 0.05) is 28.1 Å². The molecule has 0 bridgehead atoms. The van der Waals surface area contributed by atoms with Gasteiger partial charge in [0.2, 0.25) is 0 Å². The summed E-state index contributed by atoms with van der Waals surface area (Å²) in [7, 11) is 3.91. The number of benzene rings is 3. The van der Waals surface area contributed by atoms with Gasteiger partial charge in [0.1, 0.15) is 24.6 Å². The fourth-order valence-electron chi connectivity index (χ4n) is 3.99. The maximum atomic E-state index is 13.2. The van der Waals surface area contributed by atoms with Gasteiger partial charge in [-0.15, -0.1) is 0 Å². The quantitative estimate of drug-likeness (QED) is 0.326. The average Bonchev–Trinajstić information content (AvgIpc) is 2.90. The van der Waals surface area contributed by atoms with Crippen LogP contribution in [0.2, 0.25) is 0 Å². The van der Waals surface area contributed by atoms with Gasteiger partial charge >= 0.3 is 0 Å². The van der Waals surface area contributed by atoms with Crippen molar-refractivity contribution < 1.29 is 13.9 Å². The van der Waals surface area contributed by atoms with Crippen molar-refractivity contribution in [1.29, 1.82) is 0 Å². The van der Waals surface area contributed by atoms with Gasteiger partial charge in [0.05, 0.1) is 23.1 Å². The van der Waals surface area contributed by atoms with Crippen molar-refractivity contribution in [1.82, 2.24) is 14.9 Å². The lowest BCUT2D eigenvalue weighted by Gasteiger charge is -2.30. The second-order valence-corrected chi connectivity index (χ2v) is 9.89. The van der Waals surface area contributed by atoms with Crippen LogP contribution in [0, 0.1) is 5.82 Å². The molecule has 0 saturated heterocycles. The summed E-state index contributed by atoms with van der Waals surface area (Å²) in [5.41, 5.74) is 2.26. The molecule has 7 nitrogen and oxygen atoms in total. The van der Waals surface area contributed by atoms with E-state index in [-0.39, 0.29) is 11.7 Å². The van der Waals surface area contributed by atoms with Crippen LogP contribution in [0.5, 0.6) is 5.75 Å². The molecule has 1 aliphatic heterocycles. The fraction of sp³-hybridized carbons (Fsp3) is 0.179. The number of ether oxygens (including phenoxy) is 1. The molecule has 1 amide bonds. The first-order valence-electron chi connectivity index (χ1n) is 11.8. The number of fused-ring (bicyclic) bond motifs is 3. The molecule has 0 saturated carbocycles. The Kier molecular flexibility index (Phi) is 7.34. The summed E-state index contributed by atoms with van der Waals surface area (Å²) in [6.07, 6.45) is 4.96.